The molecule has 0 bridgehead atoms. The summed E-state index contributed by atoms with van der Waals surface area (Å²) in [7, 11) is 0. The van der Waals surface area contributed by atoms with Gasteiger partial charge < -0.3 is 21.1 Å². The number of nitrogens with one attached hydrogen (secondary N) is 1. The van der Waals surface area contributed by atoms with E-state index in [0.29, 0.717) is 12.8 Å². The predicted octanol–water partition coefficient (Wildman–Crippen LogP) is 0.480. The molecule has 0 aromatic heterocycles. The molecule has 1 aliphatic carbocycles. The first kappa shape index (κ1) is 14.4. The van der Waals surface area contributed by atoms with Gasteiger partial charge in [0.15, 0.2) is 0 Å². The van der Waals surface area contributed by atoms with E-state index in [9.17, 15) is 9.90 Å². The Balaban J connectivity index is 1.47. The van der Waals surface area contributed by atoms with Crippen molar-refractivity contribution in [1.82, 2.24) is 5.32 Å². The quantitative estimate of drug-likeness (QED) is 0.753. The number of hydrogen-bond donors (Lipinski definition) is 3. The maximum Gasteiger partial charge on any atom is 0.220 e. The van der Waals surface area contributed by atoms with Gasteiger partial charge in [-0.05, 0) is 25.0 Å². The van der Waals surface area contributed by atoms with Crippen molar-refractivity contribution in [1.29, 1.82) is 0 Å². The average molecular weight is 289 g/mol. The van der Waals surface area contributed by atoms with Gasteiger partial charge in [-0.1, -0.05) is 18.2 Å². The highest BCUT2D eigenvalue weighted by Crippen LogP contribution is 2.29. The molecular formula is C16H23N3O2. The number of aliphatic hydroxyl groups is 1. The molecule has 4 unspecified atom stereocenters. The van der Waals surface area contributed by atoms with E-state index in [0.717, 1.165) is 19.5 Å². The van der Waals surface area contributed by atoms with E-state index in [1.165, 1.54) is 5.69 Å². The van der Waals surface area contributed by atoms with E-state index in [-0.39, 0.29) is 23.9 Å². The number of rotatable bonds is 4. The minimum absolute atomic E-state index is 0.00844. The number of anilines is 1. The molecule has 5 nitrogen and oxygen atoms in total. The highest BCUT2D eigenvalue weighted by Gasteiger charge is 2.38. The lowest BCUT2D eigenvalue weighted by atomic mass is 9.75. The first-order valence-corrected chi connectivity index (χ1v) is 7.66. The van der Waals surface area contributed by atoms with Crippen LogP contribution in [0.1, 0.15) is 19.3 Å². The lowest BCUT2D eigenvalue weighted by Gasteiger charge is -2.38. The molecule has 21 heavy (non-hydrogen) atoms. The molecule has 1 saturated carbocycles. The number of amides is 1. The molecular weight excluding hydrogens is 266 g/mol. The van der Waals surface area contributed by atoms with Gasteiger partial charge >= 0.3 is 0 Å². The van der Waals surface area contributed by atoms with E-state index in [4.69, 9.17) is 5.73 Å². The van der Waals surface area contributed by atoms with E-state index in [2.05, 4.69) is 22.3 Å². The van der Waals surface area contributed by atoms with Gasteiger partial charge in [0.05, 0.1) is 6.10 Å². The molecule has 0 spiro atoms. The second kappa shape index (κ2) is 6.03. The fourth-order valence-electron chi connectivity index (χ4n) is 3.26. The van der Waals surface area contributed by atoms with Crippen LogP contribution in [-0.4, -0.2) is 42.3 Å². The summed E-state index contributed by atoms with van der Waals surface area (Å²) < 4.78 is 0. The summed E-state index contributed by atoms with van der Waals surface area (Å²) in [5.74, 6) is -0.0641. The van der Waals surface area contributed by atoms with Gasteiger partial charge in [0, 0.05) is 43.2 Å². The minimum atomic E-state index is -0.407. The number of carbonyl (C=O) groups excluding carboxylic acids is 1. The Kier molecular flexibility index (Phi) is 4.12. The van der Waals surface area contributed by atoms with E-state index in [1.807, 2.05) is 18.2 Å². The average Bonchev–Trinajstić information content (AvgIpc) is 2.94. The third kappa shape index (κ3) is 3.19. The summed E-state index contributed by atoms with van der Waals surface area (Å²) in [5, 5.41) is 12.7. The molecule has 1 aromatic carbocycles. The van der Waals surface area contributed by atoms with Crippen LogP contribution < -0.4 is 16.0 Å². The predicted molar refractivity (Wildman–Crippen MR) is 81.9 cm³/mol. The first-order chi connectivity index (χ1) is 10.1. The molecule has 4 atom stereocenters. The molecule has 3 rings (SSSR count). The van der Waals surface area contributed by atoms with Crippen LogP contribution in [0.4, 0.5) is 5.69 Å². The first-order valence-electron chi connectivity index (χ1n) is 7.66. The molecule has 1 aliphatic heterocycles. The van der Waals surface area contributed by atoms with Crippen molar-refractivity contribution in [2.45, 2.75) is 37.5 Å². The van der Waals surface area contributed by atoms with Gasteiger partial charge in [-0.15, -0.1) is 0 Å². The SMILES string of the molecule is NC1CC(O)C1CC(=O)NC1CCN(c2ccccc2)C1. The number of para-hydroxylation sites is 1. The highest BCUT2D eigenvalue weighted by molar-refractivity contribution is 5.77. The number of benzene rings is 1. The zero-order valence-corrected chi connectivity index (χ0v) is 12.1. The molecule has 1 heterocycles. The zero-order valence-electron chi connectivity index (χ0n) is 12.1. The third-order valence-corrected chi connectivity index (χ3v) is 4.65. The van der Waals surface area contributed by atoms with Crippen LogP contribution in [0.3, 0.4) is 0 Å². The van der Waals surface area contributed by atoms with Crippen molar-refractivity contribution in [3.63, 3.8) is 0 Å². The number of nitrogens with two attached hydrogens (primary N) is 1. The zero-order chi connectivity index (χ0) is 14.8. The fraction of sp³-hybridized carbons (Fsp3) is 0.562. The minimum Gasteiger partial charge on any atom is -0.393 e. The van der Waals surface area contributed by atoms with Gasteiger partial charge in [0.1, 0.15) is 0 Å². The second-order valence-electron chi connectivity index (χ2n) is 6.17. The lowest BCUT2D eigenvalue weighted by molar-refractivity contribution is -0.125. The lowest BCUT2D eigenvalue weighted by Crippen LogP contribution is -2.53. The normalized spacial score (nSPS) is 31.8. The maximum atomic E-state index is 12.0. The third-order valence-electron chi connectivity index (χ3n) is 4.65. The molecule has 2 fully saturated rings. The molecule has 1 aromatic rings. The van der Waals surface area contributed by atoms with Crippen LogP contribution in [0.2, 0.25) is 0 Å². The Morgan fingerprint density at radius 1 is 1.38 bits per heavy atom. The summed E-state index contributed by atoms with van der Waals surface area (Å²) >= 11 is 0. The molecule has 0 radical (unpaired) electrons. The van der Waals surface area contributed by atoms with Gasteiger partial charge in [-0.2, -0.15) is 0 Å². The van der Waals surface area contributed by atoms with E-state index in [1.54, 1.807) is 0 Å². The monoisotopic (exact) mass is 289 g/mol. The summed E-state index contributed by atoms with van der Waals surface area (Å²) in [4.78, 5) is 14.3. The van der Waals surface area contributed by atoms with Crippen LogP contribution in [0.5, 0.6) is 0 Å². The fourth-order valence-corrected chi connectivity index (χ4v) is 3.26. The van der Waals surface area contributed by atoms with Crippen molar-refractivity contribution in [3.05, 3.63) is 30.3 Å². The summed E-state index contributed by atoms with van der Waals surface area (Å²) in [6, 6.07) is 10.4. The van der Waals surface area contributed by atoms with Crippen LogP contribution >= 0.6 is 0 Å². The van der Waals surface area contributed by atoms with Crippen LogP contribution in [-0.2, 0) is 4.79 Å². The second-order valence-corrected chi connectivity index (χ2v) is 6.17. The molecule has 5 heteroatoms. The molecule has 4 N–H and O–H groups in total. The van der Waals surface area contributed by atoms with Crippen molar-refractivity contribution >= 4 is 11.6 Å². The van der Waals surface area contributed by atoms with E-state index >= 15 is 0 Å². The number of nitrogens with zero attached hydrogens (tertiary/aromatic N) is 1. The molecule has 1 amide bonds. The van der Waals surface area contributed by atoms with Crippen LogP contribution in [0, 0.1) is 5.92 Å². The Bertz CT molecular complexity index is 486. The summed E-state index contributed by atoms with van der Waals surface area (Å²) in [6.07, 6.45) is 1.50. The number of carbonyl (C=O) groups is 1. The van der Waals surface area contributed by atoms with Crippen molar-refractivity contribution in [2.24, 2.45) is 11.7 Å². The molecule has 114 valence electrons. The number of hydrogen-bond acceptors (Lipinski definition) is 4. The van der Waals surface area contributed by atoms with Crippen LogP contribution in [0.15, 0.2) is 30.3 Å². The largest absolute Gasteiger partial charge is 0.393 e. The Morgan fingerprint density at radius 3 is 2.81 bits per heavy atom. The summed E-state index contributed by atoms with van der Waals surface area (Å²) in [6.45, 7) is 1.80. The number of aliphatic hydroxyl groups excluding tert-OH is 1. The van der Waals surface area contributed by atoms with Gasteiger partial charge in [-0.25, -0.2) is 0 Å². The van der Waals surface area contributed by atoms with Crippen LogP contribution in [0.25, 0.3) is 0 Å². The molecule has 2 aliphatic rings. The smallest absolute Gasteiger partial charge is 0.220 e. The van der Waals surface area contributed by atoms with Crippen molar-refractivity contribution < 1.29 is 9.90 Å². The van der Waals surface area contributed by atoms with Gasteiger partial charge in [-0.3, -0.25) is 4.79 Å². The van der Waals surface area contributed by atoms with Gasteiger partial charge in [0.2, 0.25) is 5.91 Å². The Labute approximate surface area is 125 Å². The Morgan fingerprint density at radius 2 is 2.14 bits per heavy atom. The molecule has 1 saturated heterocycles. The Hall–Kier alpha value is -1.59. The highest BCUT2D eigenvalue weighted by atomic mass is 16.3. The standard InChI is InChI=1S/C16H23N3O2/c17-14-9-15(20)13(14)8-16(21)18-11-6-7-19(10-11)12-4-2-1-3-5-12/h1-5,11,13-15,20H,6-10,17H2,(H,18,21). The van der Waals surface area contributed by atoms with E-state index < -0.39 is 6.10 Å². The topological polar surface area (TPSA) is 78.6 Å². The maximum absolute atomic E-state index is 12.0. The van der Waals surface area contributed by atoms with Crippen molar-refractivity contribution in [2.75, 3.05) is 18.0 Å². The van der Waals surface area contributed by atoms with Crippen molar-refractivity contribution in [3.8, 4) is 0 Å². The summed E-state index contributed by atoms with van der Waals surface area (Å²) in [5.41, 5.74) is 7.02. The van der Waals surface area contributed by atoms with Gasteiger partial charge in [0.25, 0.3) is 0 Å².